The van der Waals surface area contributed by atoms with Crippen LogP contribution < -0.4 is 5.73 Å². The summed E-state index contributed by atoms with van der Waals surface area (Å²) in [6.45, 7) is 1.13. The molecule has 1 aromatic heterocycles. The average molecular weight is 234 g/mol. The Balaban J connectivity index is 2.66. The van der Waals surface area contributed by atoms with Gasteiger partial charge in [-0.3, -0.25) is 0 Å². The first kappa shape index (κ1) is 9.77. The molecule has 12 heavy (non-hydrogen) atoms. The second kappa shape index (κ2) is 4.64. The molecule has 0 aliphatic heterocycles. The highest BCUT2D eigenvalue weighted by Crippen LogP contribution is 2.21. The van der Waals surface area contributed by atoms with Crippen molar-refractivity contribution in [3.05, 3.63) is 22.6 Å². The Morgan fingerprint density at radius 3 is 2.83 bits per heavy atom. The Bertz CT molecular complexity index is 237. The molecule has 0 saturated heterocycles. The lowest BCUT2D eigenvalue weighted by Gasteiger charge is -2.09. The summed E-state index contributed by atoms with van der Waals surface area (Å²) >= 11 is 3.23. The van der Waals surface area contributed by atoms with E-state index in [9.17, 15) is 0 Å². The van der Waals surface area contributed by atoms with Crippen LogP contribution in [0, 0.1) is 0 Å². The van der Waals surface area contributed by atoms with E-state index in [1.165, 1.54) is 0 Å². The van der Waals surface area contributed by atoms with Crippen LogP contribution in [0.1, 0.15) is 11.7 Å². The number of ether oxygens (including phenoxy) is 1. The van der Waals surface area contributed by atoms with Crippen molar-refractivity contribution in [1.29, 1.82) is 0 Å². The van der Waals surface area contributed by atoms with Crippen LogP contribution in [-0.2, 0) is 4.74 Å². The topological polar surface area (TPSA) is 48.4 Å². The highest BCUT2D eigenvalue weighted by Gasteiger charge is 2.12. The third kappa shape index (κ3) is 2.33. The molecule has 0 saturated carbocycles. The monoisotopic (exact) mass is 233 g/mol. The number of hydrogen-bond donors (Lipinski definition) is 1. The molecule has 0 amide bonds. The lowest BCUT2D eigenvalue weighted by molar-refractivity contribution is 0.172. The first-order chi connectivity index (χ1) is 5.77. The molecule has 68 valence electrons. The fourth-order valence-electron chi connectivity index (χ4n) is 1.02. The van der Waals surface area contributed by atoms with Gasteiger partial charge >= 0.3 is 0 Å². The van der Waals surface area contributed by atoms with E-state index in [1.807, 2.05) is 12.1 Å². The van der Waals surface area contributed by atoms with Gasteiger partial charge in [-0.15, -0.1) is 0 Å². The summed E-state index contributed by atoms with van der Waals surface area (Å²) in [5.41, 5.74) is 5.54. The third-order valence-electron chi connectivity index (χ3n) is 1.65. The molecule has 0 aromatic carbocycles. The first-order valence-corrected chi connectivity index (χ1v) is 4.51. The summed E-state index contributed by atoms with van der Waals surface area (Å²) in [5.74, 6) is 1.02. The van der Waals surface area contributed by atoms with E-state index in [1.54, 1.807) is 7.11 Å². The Kier molecular flexibility index (Phi) is 3.78. The molecule has 0 aliphatic carbocycles. The average Bonchev–Trinajstić information content (AvgIpc) is 2.47. The number of nitrogens with two attached hydrogens (primary N) is 1. The van der Waals surface area contributed by atoms with Crippen molar-refractivity contribution in [3.63, 3.8) is 0 Å². The van der Waals surface area contributed by atoms with Crippen molar-refractivity contribution in [3.8, 4) is 0 Å². The van der Waals surface area contributed by atoms with Crippen LogP contribution in [0.3, 0.4) is 0 Å². The van der Waals surface area contributed by atoms with Crippen molar-refractivity contribution >= 4 is 15.9 Å². The van der Waals surface area contributed by atoms with Crippen LogP contribution in [0.4, 0.5) is 0 Å². The maximum atomic E-state index is 5.54. The number of furan rings is 1. The van der Waals surface area contributed by atoms with E-state index >= 15 is 0 Å². The van der Waals surface area contributed by atoms with Gasteiger partial charge < -0.3 is 14.9 Å². The molecule has 4 heteroatoms. The standard InChI is InChI=1S/C8H12BrNO2/c1-11-5-6(4-10)7-2-3-8(9)12-7/h2-3,6H,4-5,10H2,1H3. The van der Waals surface area contributed by atoms with Crippen LogP contribution >= 0.6 is 15.9 Å². The molecule has 0 fully saturated rings. The molecule has 1 unspecified atom stereocenters. The van der Waals surface area contributed by atoms with E-state index in [4.69, 9.17) is 14.9 Å². The zero-order valence-corrected chi connectivity index (χ0v) is 8.50. The van der Waals surface area contributed by atoms with Gasteiger partial charge in [0, 0.05) is 13.7 Å². The highest BCUT2D eigenvalue weighted by molar-refractivity contribution is 9.10. The Morgan fingerprint density at radius 2 is 2.42 bits per heavy atom. The zero-order valence-electron chi connectivity index (χ0n) is 6.92. The van der Waals surface area contributed by atoms with Crippen molar-refractivity contribution in [1.82, 2.24) is 0 Å². The normalized spacial score (nSPS) is 13.2. The van der Waals surface area contributed by atoms with Gasteiger partial charge in [0.1, 0.15) is 5.76 Å². The van der Waals surface area contributed by atoms with Crippen LogP contribution in [0.5, 0.6) is 0 Å². The maximum Gasteiger partial charge on any atom is 0.169 e. The van der Waals surface area contributed by atoms with E-state index in [-0.39, 0.29) is 5.92 Å². The zero-order chi connectivity index (χ0) is 8.97. The summed E-state index contributed by atoms with van der Waals surface area (Å²) in [5, 5.41) is 0. The highest BCUT2D eigenvalue weighted by atomic mass is 79.9. The summed E-state index contributed by atoms with van der Waals surface area (Å²) in [4.78, 5) is 0. The lowest BCUT2D eigenvalue weighted by atomic mass is 10.1. The number of methoxy groups -OCH3 is 1. The summed E-state index contributed by atoms with van der Waals surface area (Å²) < 4.78 is 11.1. The lowest BCUT2D eigenvalue weighted by Crippen LogP contribution is -2.16. The minimum absolute atomic E-state index is 0.154. The quantitative estimate of drug-likeness (QED) is 0.862. The van der Waals surface area contributed by atoms with Crippen molar-refractivity contribution in [2.75, 3.05) is 20.3 Å². The van der Waals surface area contributed by atoms with Crippen LogP contribution in [0.2, 0.25) is 0 Å². The molecule has 1 atom stereocenters. The SMILES string of the molecule is COCC(CN)c1ccc(Br)o1. The predicted molar refractivity (Wildman–Crippen MR) is 50.1 cm³/mol. The minimum atomic E-state index is 0.154. The van der Waals surface area contributed by atoms with Crippen LogP contribution in [0.15, 0.2) is 21.2 Å². The van der Waals surface area contributed by atoms with Gasteiger partial charge in [0.25, 0.3) is 0 Å². The molecular formula is C8H12BrNO2. The molecule has 2 N–H and O–H groups in total. The molecule has 0 bridgehead atoms. The van der Waals surface area contributed by atoms with Crippen LogP contribution in [0.25, 0.3) is 0 Å². The summed E-state index contributed by atoms with van der Waals surface area (Å²) in [6, 6.07) is 3.76. The fraction of sp³-hybridized carbons (Fsp3) is 0.500. The van der Waals surface area contributed by atoms with E-state index in [0.29, 0.717) is 13.2 Å². The Labute approximate surface area is 80.0 Å². The van der Waals surface area contributed by atoms with E-state index in [2.05, 4.69) is 15.9 Å². The van der Waals surface area contributed by atoms with Crippen LogP contribution in [-0.4, -0.2) is 20.3 Å². The molecule has 3 nitrogen and oxygen atoms in total. The molecule has 0 spiro atoms. The molecule has 1 aromatic rings. The fourth-order valence-corrected chi connectivity index (χ4v) is 1.33. The molecule has 1 heterocycles. The number of hydrogen-bond acceptors (Lipinski definition) is 3. The van der Waals surface area contributed by atoms with Crippen molar-refractivity contribution in [2.45, 2.75) is 5.92 Å². The molecule has 1 rings (SSSR count). The Morgan fingerprint density at radius 1 is 1.67 bits per heavy atom. The predicted octanol–water partition coefficient (Wildman–Crippen LogP) is 1.73. The van der Waals surface area contributed by atoms with Gasteiger partial charge in [-0.25, -0.2) is 0 Å². The smallest absolute Gasteiger partial charge is 0.169 e. The van der Waals surface area contributed by atoms with Gasteiger partial charge in [-0.1, -0.05) is 0 Å². The Hall–Kier alpha value is -0.320. The van der Waals surface area contributed by atoms with Crippen molar-refractivity contribution < 1.29 is 9.15 Å². The minimum Gasteiger partial charge on any atom is -0.454 e. The van der Waals surface area contributed by atoms with Gasteiger partial charge in [0.05, 0.1) is 12.5 Å². The van der Waals surface area contributed by atoms with E-state index < -0.39 is 0 Å². The van der Waals surface area contributed by atoms with Gasteiger partial charge in [-0.05, 0) is 28.1 Å². The largest absolute Gasteiger partial charge is 0.454 e. The second-order valence-electron chi connectivity index (χ2n) is 2.53. The van der Waals surface area contributed by atoms with Gasteiger partial charge in [0.2, 0.25) is 0 Å². The first-order valence-electron chi connectivity index (χ1n) is 3.72. The molecule has 0 radical (unpaired) electrons. The second-order valence-corrected chi connectivity index (χ2v) is 3.31. The van der Waals surface area contributed by atoms with Gasteiger partial charge in [-0.2, -0.15) is 0 Å². The van der Waals surface area contributed by atoms with E-state index in [0.717, 1.165) is 10.4 Å². The van der Waals surface area contributed by atoms with Crippen molar-refractivity contribution in [2.24, 2.45) is 5.73 Å². The summed E-state index contributed by atoms with van der Waals surface area (Å²) in [7, 11) is 1.65. The third-order valence-corrected chi connectivity index (χ3v) is 2.07. The maximum absolute atomic E-state index is 5.54. The molecule has 0 aliphatic rings. The number of halogens is 1. The molecular weight excluding hydrogens is 222 g/mol. The summed E-state index contributed by atoms with van der Waals surface area (Å²) in [6.07, 6.45) is 0. The van der Waals surface area contributed by atoms with Gasteiger partial charge in [0.15, 0.2) is 4.67 Å². The number of rotatable bonds is 4.